The smallest absolute Gasteiger partial charge is 0.142 e. The van der Waals surface area contributed by atoms with Crippen molar-refractivity contribution in [2.75, 3.05) is 20.1 Å². The van der Waals surface area contributed by atoms with E-state index in [2.05, 4.69) is 17.1 Å². The molecule has 0 aromatic carbocycles. The Hall–Kier alpha value is -0.810. The average molecular weight is 185 g/mol. The van der Waals surface area contributed by atoms with Crippen LogP contribution in [0.1, 0.15) is 19.3 Å². The molecule has 76 valence electrons. The number of hydrogen-bond acceptors (Lipinski definition) is 4. The van der Waals surface area contributed by atoms with Crippen LogP contribution in [0.3, 0.4) is 0 Å². The summed E-state index contributed by atoms with van der Waals surface area (Å²) in [7, 11) is 2.12. The first kappa shape index (κ1) is 12.2. The molecule has 0 aliphatic carbocycles. The highest BCUT2D eigenvalue weighted by Crippen LogP contribution is 2.19. The Morgan fingerprint density at radius 1 is 1.46 bits per heavy atom. The molecule has 0 atom stereocenters. The monoisotopic (exact) mass is 185 g/mol. The van der Waals surface area contributed by atoms with E-state index in [0.29, 0.717) is 12.3 Å². The molecule has 5 N–H and O–H groups in total. The van der Waals surface area contributed by atoms with Crippen LogP contribution in [0, 0.1) is 16.9 Å². The second-order valence-corrected chi connectivity index (χ2v) is 3.51. The third kappa shape index (κ3) is 4.10. The molecule has 5 heteroatoms. The molecule has 1 aliphatic rings. The molecular formula is C8H19N5. The average Bonchev–Trinajstić information content (AvgIpc) is 2.09. The lowest BCUT2D eigenvalue weighted by Crippen LogP contribution is -2.30. The first-order chi connectivity index (χ1) is 5.72. The Bertz CT molecular complexity index is 171. The van der Waals surface area contributed by atoms with Crippen LogP contribution in [0.2, 0.25) is 0 Å². The zero-order chi connectivity index (χ0) is 8.97. The standard InChI is InChI=1S/C8H16N4.H3N/c1-12-4-2-7(3-5-12)6-8(9)11-10;/h7,9-10H,2-6H2,1H3;1H3. The highest BCUT2D eigenvalue weighted by Gasteiger charge is 2.17. The van der Waals surface area contributed by atoms with Gasteiger partial charge < -0.3 is 11.1 Å². The van der Waals surface area contributed by atoms with Crippen molar-refractivity contribution in [2.24, 2.45) is 11.0 Å². The van der Waals surface area contributed by atoms with Crippen LogP contribution in [-0.4, -0.2) is 30.9 Å². The van der Waals surface area contributed by atoms with Crippen molar-refractivity contribution in [1.82, 2.24) is 11.1 Å². The molecule has 0 bridgehead atoms. The van der Waals surface area contributed by atoms with Gasteiger partial charge in [-0.2, -0.15) is 0 Å². The highest BCUT2D eigenvalue weighted by atomic mass is 15.1. The molecule has 1 saturated heterocycles. The molecule has 0 aromatic heterocycles. The Morgan fingerprint density at radius 3 is 2.46 bits per heavy atom. The maximum atomic E-state index is 7.26. The predicted molar refractivity (Wildman–Crippen MR) is 52.7 cm³/mol. The number of hydrogen-bond donors (Lipinski definition) is 3. The minimum atomic E-state index is 0. The number of rotatable bonds is 2. The molecule has 0 saturated carbocycles. The van der Waals surface area contributed by atoms with Crippen LogP contribution >= 0.6 is 0 Å². The third-order valence-corrected chi connectivity index (χ3v) is 2.46. The van der Waals surface area contributed by atoms with E-state index >= 15 is 0 Å². The van der Waals surface area contributed by atoms with Crippen molar-refractivity contribution >= 4 is 5.84 Å². The molecule has 0 aromatic rings. The molecule has 1 fully saturated rings. The third-order valence-electron chi connectivity index (χ3n) is 2.46. The molecule has 1 aliphatic heterocycles. The molecule has 5 nitrogen and oxygen atoms in total. The zero-order valence-electron chi connectivity index (χ0n) is 8.21. The summed E-state index contributed by atoms with van der Waals surface area (Å²) in [6.07, 6.45) is 2.99. The summed E-state index contributed by atoms with van der Waals surface area (Å²) in [6, 6.07) is 0. The molecule has 1 rings (SSSR count). The fourth-order valence-electron chi connectivity index (χ4n) is 1.59. The Morgan fingerprint density at radius 2 is 2.00 bits per heavy atom. The van der Waals surface area contributed by atoms with Gasteiger partial charge in [-0.05, 0) is 38.9 Å². The molecule has 1 heterocycles. The maximum absolute atomic E-state index is 7.26. The topological polar surface area (TPSA) is 98.3 Å². The molecule has 0 radical (unpaired) electrons. The van der Waals surface area contributed by atoms with E-state index in [9.17, 15) is 0 Å². The van der Waals surface area contributed by atoms with Gasteiger partial charge in [0.15, 0.2) is 0 Å². The summed E-state index contributed by atoms with van der Waals surface area (Å²) in [5.41, 5.74) is 6.66. The van der Waals surface area contributed by atoms with Gasteiger partial charge in [0.25, 0.3) is 0 Å². The Kier molecular flexibility index (Phi) is 5.41. The van der Waals surface area contributed by atoms with E-state index < -0.39 is 0 Å². The van der Waals surface area contributed by atoms with Gasteiger partial charge >= 0.3 is 0 Å². The van der Waals surface area contributed by atoms with Crippen LogP contribution in [-0.2, 0) is 0 Å². The van der Waals surface area contributed by atoms with Crippen LogP contribution in [0.25, 0.3) is 0 Å². The second kappa shape index (κ2) is 5.77. The fraction of sp³-hybridized carbons (Fsp3) is 0.875. The second-order valence-electron chi connectivity index (χ2n) is 3.51. The Labute approximate surface area is 79.1 Å². The zero-order valence-corrected chi connectivity index (χ0v) is 8.21. The van der Waals surface area contributed by atoms with Crippen molar-refractivity contribution in [3.63, 3.8) is 0 Å². The van der Waals surface area contributed by atoms with Crippen LogP contribution in [0.15, 0.2) is 5.11 Å². The van der Waals surface area contributed by atoms with Crippen molar-refractivity contribution in [3.05, 3.63) is 0 Å². The van der Waals surface area contributed by atoms with E-state index in [0.717, 1.165) is 25.9 Å². The SMILES string of the molecule is CN1CCC(CC(=N)N=N)CC1.N. The van der Waals surface area contributed by atoms with E-state index in [1.54, 1.807) is 0 Å². The molecular weight excluding hydrogens is 166 g/mol. The maximum Gasteiger partial charge on any atom is 0.142 e. The van der Waals surface area contributed by atoms with Gasteiger partial charge in [-0.1, -0.05) is 0 Å². The van der Waals surface area contributed by atoms with Gasteiger partial charge in [0, 0.05) is 6.42 Å². The molecule has 13 heavy (non-hydrogen) atoms. The predicted octanol–water partition coefficient (Wildman–Crippen LogP) is 1.89. The van der Waals surface area contributed by atoms with E-state index in [1.807, 2.05) is 0 Å². The van der Waals surface area contributed by atoms with Crippen LogP contribution in [0.5, 0.6) is 0 Å². The molecule has 0 spiro atoms. The summed E-state index contributed by atoms with van der Waals surface area (Å²) in [5, 5.41) is 10.4. The number of amidine groups is 1. The Balaban J connectivity index is 0.00000144. The van der Waals surface area contributed by atoms with E-state index in [1.165, 1.54) is 0 Å². The quantitative estimate of drug-likeness (QED) is 0.348. The van der Waals surface area contributed by atoms with Gasteiger partial charge in [-0.15, -0.1) is 5.11 Å². The van der Waals surface area contributed by atoms with Crippen molar-refractivity contribution in [1.29, 1.82) is 10.9 Å². The number of piperidine rings is 1. The summed E-state index contributed by atoms with van der Waals surface area (Å²) in [6.45, 7) is 2.24. The van der Waals surface area contributed by atoms with E-state index in [-0.39, 0.29) is 12.0 Å². The first-order valence-electron chi connectivity index (χ1n) is 4.36. The number of nitrogens with one attached hydrogen (secondary N) is 2. The number of likely N-dealkylation sites (tertiary alicyclic amines) is 1. The van der Waals surface area contributed by atoms with Crippen LogP contribution in [0.4, 0.5) is 0 Å². The highest BCUT2D eigenvalue weighted by molar-refractivity contribution is 5.79. The number of nitrogens with zero attached hydrogens (tertiary/aromatic N) is 2. The lowest BCUT2D eigenvalue weighted by molar-refractivity contribution is 0.223. The normalized spacial score (nSPS) is 19.2. The van der Waals surface area contributed by atoms with Gasteiger partial charge in [-0.3, -0.25) is 5.41 Å². The molecule has 0 unspecified atom stereocenters. The van der Waals surface area contributed by atoms with Crippen LogP contribution < -0.4 is 6.15 Å². The summed E-state index contributed by atoms with van der Waals surface area (Å²) in [4.78, 5) is 2.30. The first-order valence-corrected chi connectivity index (χ1v) is 4.36. The van der Waals surface area contributed by atoms with Crippen molar-refractivity contribution < 1.29 is 0 Å². The largest absolute Gasteiger partial charge is 0.344 e. The fourth-order valence-corrected chi connectivity index (χ4v) is 1.59. The van der Waals surface area contributed by atoms with E-state index in [4.69, 9.17) is 10.9 Å². The van der Waals surface area contributed by atoms with Crippen molar-refractivity contribution in [3.8, 4) is 0 Å². The summed E-state index contributed by atoms with van der Waals surface area (Å²) in [5.74, 6) is 0.812. The van der Waals surface area contributed by atoms with Gasteiger partial charge in [0.2, 0.25) is 0 Å². The lowest BCUT2D eigenvalue weighted by Gasteiger charge is -2.28. The minimum Gasteiger partial charge on any atom is -0.344 e. The minimum absolute atomic E-state index is 0. The molecule has 0 amide bonds. The summed E-state index contributed by atoms with van der Waals surface area (Å²) < 4.78 is 0. The van der Waals surface area contributed by atoms with Gasteiger partial charge in [-0.25, -0.2) is 5.53 Å². The summed E-state index contributed by atoms with van der Waals surface area (Å²) >= 11 is 0. The van der Waals surface area contributed by atoms with Gasteiger partial charge in [0.05, 0.1) is 0 Å². The van der Waals surface area contributed by atoms with Gasteiger partial charge in [0.1, 0.15) is 5.84 Å². The van der Waals surface area contributed by atoms with Crippen molar-refractivity contribution in [2.45, 2.75) is 19.3 Å². The lowest BCUT2D eigenvalue weighted by atomic mass is 9.93.